The van der Waals surface area contributed by atoms with Crippen molar-refractivity contribution in [1.82, 2.24) is 4.98 Å². The molecule has 0 radical (unpaired) electrons. The van der Waals surface area contributed by atoms with E-state index >= 15 is 0 Å². The second-order valence-electron chi connectivity index (χ2n) is 4.49. The molecule has 1 aromatic rings. The highest BCUT2D eigenvalue weighted by Gasteiger charge is 2.20. The predicted molar refractivity (Wildman–Crippen MR) is 68.8 cm³/mol. The maximum atomic E-state index is 9.45. The lowest BCUT2D eigenvalue weighted by Crippen LogP contribution is -2.29. The van der Waals surface area contributed by atoms with Crippen LogP contribution in [0.3, 0.4) is 0 Å². The molecule has 0 aliphatic carbocycles. The van der Waals surface area contributed by atoms with Crippen molar-refractivity contribution in [3.63, 3.8) is 0 Å². The zero-order chi connectivity index (χ0) is 12.8. The molecule has 1 saturated heterocycles. The average Bonchev–Trinajstić information content (AvgIpc) is 2.37. The summed E-state index contributed by atoms with van der Waals surface area (Å²) in [6.45, 7) is 0.0177. The molecule has 18 heavy (non-hydrogen) atoms. The minimum atomic E-state index is -0.624. The van der Waals surface area contributed by atoms with Gasteiger partial charge in [-0.2, -0.15) is 0 Å². The van der Waals surface area contributed by atoms with Crippen LogP contribution < -0.4 is 0 Å². The van der Waals surface area contributed by atoms with Crippen LogP contribution in [0.2, 0.25) is 0 Å². The molecule has 2 unspecified atom stereocenters. The highest BCUT2D eigenvalue weighted by atomic mass is 16.6. The second kappa shape index (κ2) is 6.64. The van der Waals surface area contributed by atoms with Crippen molar-refractivity contribution in [3.8, 4) is 0 Å². The van der Waals surface area contributed by atoms with E-state index < -0.39 is 6.29 Å². The quantitative estimate of drug-likeness (QED) is 0.849. The van der Waals surface area contributed by atoms with Crippen LogP contribution in [0.1, 0.15) is 30.7 Å². The van der Waals surface area contributed by atoms with Gasteiger partial charge in [0.05, 0.1) is 18.4 Å². The van der Waals surface area contributed by atoms with E-state index in [0.29, 0.717) is 0 Å². The first-order valence-electron chi connectivity index (χ1n) is 6.35. The van der Waals surface area contributed by atoms with E-state index in [-0.39, 0.29) is 12.7 Å². The Morgan fingerprint density at radius 2 is 2.28 bits per heavy atom. The third kappa shape index (κ3) is 3.91. The number of hydrogen-bond donors (Lipinski definition) is 2. The molecule has 2 atom stereocenters. The van der Waals surface area contributed by atoms with Gasteiger partial charge in [-0.25, -0.2) is 0 Å². The SMILES string of the molecule is OCC=Cc1cccc(CC2CCCC(O)O2)n1. The van der Waals surface area contributed by atoms with E-state index in [4.69, 9.17) is 9.84 Å². The summed E-state index contributed by atoms with van der Waals surface area (Å²) in [6, 6.07) is 5.80. The third-order valence-electron chi connectivity index (χ3n) is 2.99. The van der Waals surface area contributed by atoms with Crippen molar-refractivity contribution < 1.29 is 14.9 Å². The van der Waals surface area contributed by atoms with Crippen LogP contribution in [-0.4, -0.2) is 34.2 Å². The smallest absolute Gasteiger partial charge is 0.154 e. The summed E-state index contributed by atoms with van der Waals surface area (Å²) in [5.41, 5.74) is 1.78. The Morgan fingerprint density at radius 1 is 1.39 bits per heavy atom. The van der Waals surface area contributed by atoms with Crippen molar-refractivity contribution in [2.45, 2.75) is 38.1 Å². The molecule has 0 bridgehead atoms. The molecule has 0 spiro atoms. The topological polar surface area (TPSA) is 62.6 Å². The Kier molecular flexibility index (Phi) is 4.87. The highest BCUT2D eigenvalue weighted by Crippen LogP contribution is 2.20. The molecule has 1 aliphatic heterocycles. The van der Waals surface area contributed by atoms with Gasteiger partial charge in [0.1, 0.15) is 0 Å². The summed E-state index contributed by atoms with van der Waals surface area (Å²) in [5.74, 6) is 0. The fourth-order valence-electron chi connectivity index (χ4n) is 2.14. The van der Waals surface area contributed by atoms with Crippen LogP contribution in [0.5, 0.6) is 0 Å². The van der Waals surface area contributed by atoms with Crippen molar-refractivity contribution in [1.29, 1.82) is 0 Å². The van der Waals surface area contributed by atoms with Gasteiger partial charge in [-0.15, -0.1) is 0 Å². The zero-order valence-corrected chi connectivity index (χ0v) is 10.3. The predicted octanol–water partition coefficient (Wildman–Crippen LogP) is 1.52. The van der Waals surface area contributed by atoms with Crippen LogP contribution in [0.4, 0.5) is 0 Å². The minimum absolute atomic E-state index is 0.0177. The Hall–Kier alpha value is -1.23. The van der Waals surface area contributed by atoms with Gasteiger partial charge >= 0.3 is 0 Å². The molecule has 2 heterocycles. The number of rotatable bonds is 4. The molecule has 0 aromatic carbocycles. The first kappa shape index (κ1) is 13.2. The molecule has 1 aliphatic rings. The molecule has 2 N–H and O–H groups in total. The first-order chi connectivity index (χ1) is 8.78. The molecular weight excluding hydrogens is 230 g/mol. The number of hydrogen-bond acceptors (Lipinski definition) is 4. The molecule has 4 nitrogen and oxygen atoms in total. The lowest BCUT2D eigenvalue weighted by atomic mass is 10.0. The van der Waals surface area contributed by atoms with E-state index in [0.717, 1.165) is 37.1 Å². The lowest BCUT2D eigenvalue weighted by Gasteiger charge is -2.26. The third-order valence-corrected chi connectivity index (χ3v) is 2.99. The summed E-state index contributed by atoms with van der Waals surface area (Å²) in [5, 5.41) is 18.2. The lowest BCUT2D eigenvalue weighted by molar-refractivity contribution is -0.161. The van der Waals surface area contributed by atoms with Gasteiger partial charge in [-0.1, -0.05) is 12.1 Å². The molecular formula is C14H19NO3. The molecule has 1 aromatic heterocycles. The summed E-state index contributed by atoms with van der Waals surface area (Å²) in [4.78, 5) is 4.47. The van der Waals surface area contributed by atoms with Gasteiger partial charge in [-0.05, 0) is 37.5 Å². The molecule has 98 valence electrons. The molecule has 2 rings (SSSR count). The summed E-state index contributed by atoms with van der Waals surface area (Å²) in [7, 11) is 0. The second-order valence-corrected chi connectivity index (χ2v) is 4.49. The monoisotopic (exact) mass is 249 g/mol. The van der Waals surface area contributed by atoms with Gasteiger partial charge in [0.2, 0.25) is 0 Å². The van der Waals surface area contributed by atoms with Crippen LogP contribution >= 0.6 is 0 Å². The zero-order valence-electron chi connectivity index (χ0n) is 10.3. The van der Waals surface area contributed by atoms with Crippen molar-refractivity contribution >= 4 is 6.08 Å². The van der Waals surface area contributed by atoms with E-state index in [1.807, 2.05) is 18.2 Å². The maximum absolute atomic E-state index is 9.45. The largest absolute Gasteiger partial charge is 0.392 e. The first-order valence-corrected chi connectivity index (χ1v) is 6.35. The molecule has 0 amide bonds. The Balaban J connectivity index is 1.98. The van der Waals surface area contributed by atoms with Gasteiger partial charge in [0.25, 0.3) is 0 Å². The summed E-state index contributed by atoms with van der Waals surface area (Å²) < 4.78 is 5.47. The molecule has 0 saturated carbocycles. The number of aliphatic hydroxyl groups excluding tert-OH is 2. The van der Waals surface area contributed by atoms with Crippen LogP contribution in [0, 0.1) is 0 Å². The van der Waals surface area contributed by atoms with Gasteiger partial charge in [-0.3, -0.25) is 4.98 Å². The maximum Gasteiger partial charge on any atom is 0.154 e. The van der Waals surface area contributed by atoms with Crippen molar-refractivity contribution in [2.24, 2.45) is 0 Å². The summed E-state index contributed by atoms with van der Waals surface area (Å²) in [6.07, 6.45) is 6.29. The average molecular weight is 249 g/mol. The fourth-order valence-corrected chi connectivity index (χ4v) is 2.14. The fraction of sp³-hybridized carbons (Fsp3) is 0.500. The van der Waals surface area contributed by atoms with Crippen molar-refractivity contribution in [2.75, 3.05) is 6.61 Å². The van der Waals surface area contributed by atoms with Crippen LogP contribution in [0.15, 0.2) is 24.3 Å². The highest BCUT2D eigenvalue weighted by molar-refractivity contribution is 5.44. The van der Waals surface area contributed by atoms with Gasteiger partial charge in [0, 0.05) is 12.1 Å². The number of pyridine rings is 1. The van der Waals surface area contributed by atoms with Crippen LogP contribution in [-0.2, 0) is 11.2 Å². The number of ether oxygens (including phenoxy) is 1. The standard InChI is InChI=1S/C14H19NO3/c16-9-3-6-11-4-1-5-12(15-11)10-13-7-2-8-14(17)18-13/h1,3-6,13-14,16-17H,2,7-10H2. The Morgan fingerprint density at radius 3 is 3.06 bits per heavy atom. The van der Waals surface area contributed by atoms with E-state index in [1.165, 1.54) is 0 Å². The van der Waals surface area contributed by atoms with E-state index in [9.17, 15) is 5.11 Å². The normalized spacial score (nSPS) is 24.6. The summed E-state index contributed by atoms with van der Waals surface area (Å²) >= 11 is 0. The van der Waals surface area contributed by atoms with Crippen LogP contribution in [0.25, 0.3) is 6.08 Å². The number of aliphatic hydroxyl groups is 2. The van der Waals surface area contributed by atoms with Crippen molar-refractivity contribution in [3.05, 3.63) is 35.7 Å². The number of aromatic nitrogens is 1. The van der Waals surface area contributed by atoms with Gasteiger partial charge < -0.3 is 14.9 Å². The van der Waals surface area contributed by atoms with E-state index in [2.05, 4.69) is 4.98 Å². The van der Waals surface area contributed by atoms with E-state index in [1.54, 1.807) is 12.2 Å². The Labute approximate surface area is 107 Å². The minimum Gasteiger partial charge on any atom is -0.392 e. The molecule has 4 heteroatoms. The Bertz CT molecular complexity index is 406. The van der Waals surface area contributed by atoms with Gasteiger partial charge in [0.15, 0.2) is 6.29 Å². The molecule has 1 fully saturated rings. The number of nitrogens with zero attached hydrogens (tertiary/aromatic N) is 1.